The molecular weight excluding hydrogens is 236 g/mol. The number of rotatable bonds is 8. The Labute approximate surface area is 116 Å². The number of nitrogen functional groups attached to an aromatic ring is 1. The number of benzene rings is 1. The quantitative estimate of drug-likeness (QED) is 0.554. The lowest BCUT2D eigenvalue weighted by molar-refractivity contribution is 0.259. The number of amidine groups is 1. The van der Waals surface area contributed by atoms with Crippen molar-refractivity contribution >= 4 is 5.84 Å². The molecule has 4 nitrogen and oxygen atoms in total. The molecular formula is C15H26N4. The number of hydrogen-bond donors (Lipinski definition) is 2. The number of nitrogens with zero attached hydrogens (tertiary/aromatic N) is 2. The number of hydrogen-bond acceptors (Lipinski definition) is 3. The Kier molecular flexibility index (Phi) is 6.53. The summed E-state index contributed by atoms with van der Waals surface area (Å²) in [7, 11) is 4.21. The second kappa shape index (κ2) is 7.92. The monoisotopic (exact) mass is 262 g/mol. The average Bonchev–Trinajstić information content (AvgIpc) is 2.37. The first-order chi connectivity index (χ1) is 9.02. The van der Waals surface area contributed by atoms with Crippen LogP contribution in [0.4, 0.5) is 0 Å². The minimum absolute atomic E-state index is 0.137. The molecule has 0 amide bonds. The standard InChI is InChI=1S/C15H26N4/c1-4-19(10-6-9-18(2)3)12-13-7-5-8-14(11-13)15(16)17/h5,7-8,11H,4,6,9-10,12H2,1-3H3,(H3,16,17). The van der Waals surface area contributed by atoms with Crippen LogP contribution in [0.15, 0.2) is 24.3 Å². The van der Waals surface area contributed by atoms with E-state index in [2.05, 4.69) is 36.9 Å². The zero-order valence-electron chi connectivity index (χ0n) is 12.3. The third kappa shape index (κ3) is 5.85. The molecule has 0 aliphatic heterocycles. The van der Waals surface area contributed by atoms with Gasteiger partial charge in [-0.3, -0.25) is 10.3 Å². The van der Waals surface area contributed by atoms with E-state index >= 15 is 0 Å². The van der Waals surface area contributed by atoms with Gasteiger partial charge in [-0.15, -0.1) is 0 Å². The maximum atomic E-state index is 7.48. The van der Waals surface area contributed by atoms with E-state index in [9.17, 15) is 0 Å². The second-order valence-corrected chi connectivity index (χ2v) is 5.14. The Bertz CT molecular complexity index is 401. The average molecular weight is 262 g/mol. The van der Waals surface area contributed by atoms with E-state index in [1.54, 1.807) is 0 Å². The van der Waals surface area contributed by atoms with Crippen LogP contribution in [-0.4, -0.2) is 49.4 Å². The van der Waals surface area contributed by atoms with Crippen molar-refractivity contribution in [1.29, 1.82) is 5.41 Å². The van der Waals surface area contributed by atoms with Crippen LogP contribution in [-0.2, 0) is 6.54 Å². The van der Waals surface area contributed by atoms with Gasteiger partial charge in [0.25, 0.3) is 0 Å². The zero-order valence-corrected chi connectivity index (χ0v) is 12.3. The van der Waals surface area contributed by atoms with Gasteiger partial charge in [-0.1, -0.05) is 25.1 Å². The molecule has 4 heteroatoms. The Morgan fingerprint density at radius 1 is 1.26 bits per heavy atom. The molecule has 0 bridgehead atoms. The second-order valence-electron chi connectivity index (χ2n) is 5.14. The maximum absolute atomic E-state index is 7.48. The van der Waals surface area contributed by atoms with Gasteiger partial charge in [0, 0.05) is 12.1 Å². The molecule has 0 atom stereocenters. The van der Waals surface area contributed by atoms with E-state index in [0.29, 0.717) is 0 Å². The molecule has 0 saturated heterocycles. The van der Waals surface area contributed by atoms with Crippen LogP contribution in [0.1, 0.15) is 24.5 Å². The summed E-state index contributed by atoms with van der Waals surface area (Å²) in [5.74, 6) is 0.137. The Balaban J connectivity index is 2.55. The van der Waals surface area contributed by atoms with Crippen molar-refractivity contribution in [2.24, 2.45) is 5.73 Å². The van der Waals surface area contributed by atoms with E-state index in [4.69, 9.17) is 11.1 Å². The number of nitrogens with one attached hydrogen (secondary N) is 1. The number of nitrogens with two attached hydrogens (primary N) is 1. The summed E-state index contributed by atoms with van der Waals surface area (Å²) >= 11 is 0. The van der Waals surface area contributed by atoms with Crippen molar-refractivity contribution in [3.8, 4) is 0 Å². The molecule has 0 aliphatic rings. The van der Waals surface area contributed by atoms with E-state index in [0.717, 1.165) is 31.7 Å². The van der Waals surface area contributed by atoms with Crippen molar-refractivity contribution in [2.75, 3.05) is 33.7 Å². The highest BCUT2D eigenvalue weighted by Crippen LogP contribution is 2.08. The van der Waals surface area contributed by atoms with Crippen LogP contribution in [0, 0.1) is 5.41 Å². The molecule has 0 heterocycles. The Morgan fingerprint density at radius 2 is 2.00 bits per heavy atom. The summed E-state index contributed by atoms with van der Waals surface area (Å²) in [5.41, 5.74) is 7.55. The third-order valence-electron chi connectivity index (χ3n) is 3.17. The molecule has 19 heavy (non-hydrogen) atoms. The van der Waals surface area contributed by atoms with Gasteiger partial charge in [0.2, 0.25) is 0 Å². The molecule has 0 aliphatic carbocycles. The molecule has 1 aromatic carbocycles. The van der Waals surface area contributed by atoms with Crippen LogP contribution < -0.4 is 5.73 Å². The fraction of sp³-hybridized carbons (Fsp3) is 0.533. The van der Waals surface area contributed by atoms with Crippen molar-refractivity contribution in [3.63, 3.8) is 0 Å². The minimum atomic E-state index is 0.137. The van der Waals surface area contributed by atoms with Crippen molar-refractivity contribution in [1.82, 2.24) is 9.80 Å². The van der Waals surface area contributed by atoms with E-state index < -0.39 is 0 Å². The summed E-state index contributed by atoms with van der Waals surface area (Å²) in [5, 5.41) is 7.48. The first kappa shape index (κ1) is 15.7. The maximum Gasteiger partial charge on any atom is 0.122 e. The molecule has 1 rings (SSSR count). The molecule has 0 radical (unpaired) electrons. The Hall–Kier alpha value is -1.39. The molecule has 0 spiro atoms. The molecule has 0 unspecified atom stereocenters. The molecule has 0 fully saturated rings. The summed E-state index contributed by atoms with van der Waals surface area (Å²) in [6.45, 7) is 6.36. The highest BCUT2D eigenvalue weighted by Gasteiger charge is 2.05. The predicted molar refractivity (Wildman–Crippen MR) is 81.6 cm³/mol. The fourth-order valence-corrected chi connectivity index (χ4v) is 2.05. The SMILES string of the molecule is CCN(CCCN(C)C)Cc1cccc(C(=N)N)c1. The van der Waals surface area contributed by atoms with E-state index in [1.165, 1.54) is 12.0 Å². The van der Waals surface area contributed by atoms with Gasteiger partial charge in [-0.2, -0.15) is 0 Å². The summed E-state index contributed by atoms with van der Waals surface area (Å²) < 4.78 is 0. The highest BCUT2D eigenvalue weighted by atomic mass is 15.1. The summed E-state index contributed by atoms with van der Waals surface area (Å²) in [6, 6.07) is 7.96. The van der Waals surface area contributed by atoms with Gasteiger partial charge in [0.15, 0.2) is 0 Å². The van der Waals surface area contributed by atoms with Crippen LogP contribution in [0.5, 0.6) is 0 Å². The minimum Gasteiger partial charge on any atom is -0.384 e. The van der Waals surface area contributed by atoms with Crippen LogP contribution >= 0.6 is 0 Å². The van der Waals surface area contributed by atoms with Crippen LogP contribution in [0.2, 0.25) is 0 Å². The molecule has 0 saturated carbocycles. The lowest BCUT2D eigenvalue weighted by Gasteiger charge is -2.21. The van der Waals surface area contributed by atoms with Gasteiger partial charge >= 0.3 is 0 Å². The lowest BCUT2D eigenvalue weighted by atomic mass is 10.1. The smallest absolute Gasteiger partial charge is 0.122 e. The van der Waals surface area contributed by atoms with Gasteiger partial charge in [0.05, 0.1) is 0 Å². The van der Waals surface area contributed by atoms with Gasteiger partial charge in [0.1, 0.15) is 5.84 Å². The first-order valence-electron chi connectivity index (χ1n) is 6.83. The van der Waals surface area contributed by atoms with Crippen LogP contribution in [0.3, 0.4) is 0 Å². The van der Waals surface area contributed by atoms with Crippen LogP contribution in [0.25, 0.3) is 0 Å². The topological polar surface area (TPSA) is 56.4 Å². The Morgan fingerprint density at radius 3 is 2.58 bits per heavy atom. The fourth-order valence-electron chi connectivity index (χ4n) is 2.05. The zero-order chi connectivity index (χ0) is 14.3. The highest BCUT2D eigenvalue weighted by molar-refractivity contribution is 5.95. The lowest BCUT2D eigenvalue weighted by Crippen LogP contribution is -2.27. The van der Waals surface area contributed by atoms with Crippen molar-refractivity contribution in [2.45, 2.75) is 19.9 Å². The summed E-state index contributed by atoms with van der Waals surface area (Å²) in [6.07, 6.45) is 1.17. The van der Waals surface area contributed by atoms with Gasteiger partial charge < -0.3 is 10.6 Å². The molecule has 0 aromatic heterocycles. The normalized spacial score (nSPS) is 11.2. The van der Waals surface area contributed by atoms with E-state index in [-0.39, 0.29) is 5.84 Å². The van der Waals surface area contributed by atoms with Gasteiger partial charge in [-0.25, -0.2) is 0 Å². The molecule has 106 valence electrons. The largest absolute Gasteiger partial charge is 0.384 e. The van der Waals surface area contributed by atoms with Crippen molar-refractivity contribution < 1.29 is 0 Å². The van der Waals surface area contributed by atoms with Gasteiger partial charge in [-0.05, 0) is 51.8 Å². The first-order valence-corrected chi connectivity index (χ1v) is 6.83. The third-order valence-corrected chi connectivity index (χ3v) is 3.17. The molecule has 3 N–H and O–H groups in total. The van der Waals surface area contributed by atoms with Crippen molar-refractivity contribution in [3.05, 3.63) is 35.4 Å². The van der Waals surface area contributed by atoms with E-state index in [1.807, 2.05) is 18.2 Å². The summed E-state index contributed by atoms with van der Waals surface area (Å²) in [4.78, 5) is 4.63. The molecule has 1 aromatic rings. The predicted octanol–water partition coefficient (Wildman–Crippen LogP) is 1.74.